The second kappa shape index (κ2) is 9.98. The predicted molar refractivity (Wildman–Crippen MR) is 108 cm³/mol. The van der Waals surface area contributed by atoms with E-state index in [1.165, 1.54) is 0 Å². The lowest BCUT2D eigenvalue weighted by molar-refractivity contribution is 0.167. The van der Waals surface area contributed by atoms with Crippen molar-refractivity contribution in [1.82, 2.24) is 20.3 Å². The number of aliphatic imine (C=N–C) groups is 1. The summed E-state index contributed by atoms with van der Waals surface area (Å²) in [5.41, 5.74) is 0.972. The lowest BCUT2D eigenvalue weighted by atomic mass is 10.3. The molecule has 2 heterocycles. The van der Waals surface area contributed by atoms with Crippen LogP contribution in [0.5, 0.6) is 11.5 Å². The van der Waals surface area contributed by atoms with E-state index in [4.69, 9.17) is 14.0 Å². The summed E-state index contributed by atoms with van der Waals surface area (Å²) in [6.45, 7) is 7.29. The summed E-state index contributed by atoms with van der Waals surface area (Å²) in [4.78, 5) is 9.08. The first-order chi connectivity index (χ1) is 13.7. The average Bonchev–Trinajstić information content (AvgIpc) is 3.23. The van der Waals surface area contributed by atoms with Gasteiger partial charge in [0.2, 0.25) is 0 Å². The SMILES string of the molecule is CN=C(NCC(C)Oc1cccc(OC)c1)N1CCN(Cc2ccon2)CC1. The zero-order valence-electron chi connectivity index (χ0n) is 16.8. The Balaban J connectivity index is 1.43. The van der Waals surface area contributed by atoms with Gasteiger partial charge in [-0.1, -0.05) is 11.2 Å². The summed E-state index contributed by atoms with van der Waals surface area (Å²) in [7, 11) is 3.47. The molecule has 1 atom stereocenters. The lowest BCUT2D eigenvalue weighted by Gasteiger charge is -2.36. The number of aromatic nitrogens is 1. The number of nitrogens with zero attached hydrogens (tertiary/aromatic N) is 4. The first kappa shape index (κ1) is 20.0. The highest BCUT2D eigenvalue weighted by molar-refractivity contribution is 5.80. The number of benzene rings is 1. The van der Waals surface area contributed by atoms with Crippen molar-refractivity contribution < 1.29 is 14.0 Å². The molecule has 1 N–H and O–H groups in total. The Labute approximate surface area is 166 Å². The fourth-order valence-electron chi connectivity index (χ4n) is 3.18. The van der Waals surface area contributed by atoms with E-state index in [1.807, 2.05) is 44.3 Å². The fourth-order valence-corrected chi connectivity index (χ4v) is 3.18. The topological polar surface area (TPSA) is 75.4 Å². The molecule has 1 aliphatic rings. The summed E-state index contributed by atoms with van der Waals surface area (Å²) in [5.74, 6) is 2.49. The second-order valence-corrected chi connectivity index (χ2v) is 6.79. The molecule has 1 saturated heterocycles. The van der Waals surface area contributed by atoms with Crippen LogP contribution in [0, 0.1) is 0 Å². The Bertz CT molecular complexity index is 742. The van der Waals surface area contributed by atoms with Gasteiger partial charge in [-0.05, 0) is 19.1 Å². The standard InChI is InChI=1S/C20H29N5O3/c1-16(28-19-6-4-5-18(13-19)26-3)14-22-20(21-2)25-10-8-24(9-11-25)15-17-7-12-27-23-17/h4-7,12-13,16H,8-11,14-15H2,1-3H3,(H,21,22). The number of nitrogens with one attached hydrogen (secondary N) is 1. The molecule has 0 amide bonds. The molecule has 1 fully saturated rings. The van der Waals surface area contributed by atoms with E-state index in [1.54, 1.807) is 13.4 Å². The molecule has 0 bridgehead atoms. The van der Waals surface area contributed by atoms with Gasteiger partial charge in [-0.25, -0.2) is 0 Å². The zero-order valence-corrected chi connectivity index (χ0v) is 16.8. The highest BCUT2D eigenvalue weighted by Crippen LogP contribution is 2.19. The Hall–Kier alpha value is -2.74. The Morgan fingerprint density at radius 2 is 2.04 bits per heavy atom. The van der Waals surface area contributed by atoms with Crippen molar-refractivity contribution in [2.45, 2.75) is 19.6 Å². The molecular formula is C20H29N5O3. The van der Waals surface area contributed by atoms with Gasteiger partial charge in [0, 0.05) is 51.9 Å². The minimum atomic E-state index is -0.00249. The molecule has 8 nitrogen and oxygen atoms in total. The van der Waals surface area contributed by atoms with Crippen molar-refractivity contribution in [1.29, 1.82) is 0 Å². The monoisotopic (exact) mass is 387 g/mol. The maximum absolute atomic E-state index is 5.97. The number of hydrogen-bond donors (Lipinski definition) is 1. The van der Waals surface area contributed by atoms with Gasteiger partial charge in [0.1, 0.15) is 23.9 Å². The van der Waals surface area contributed by atoms with Crippen LogP contribution >= 0.6 is 0 Å². The van der Waals surface area contributed by atoms with E-state index in [2.05, 4.69) is 25.3 Å². The number of methoxy groups -OCH3 is 1. The molecule has 0 spiro atoms. The van der Waals surface area contributed by atoms with Crippen LogP contribution in [-0.4, -0.2) is 73.9 Å². The molecule has 28 heavy (non-hydrogen) atoms. The Kier molecular flexibility index (Phi) is 7.13. The minimum absolute atomic E-state index is 0.00249. The van der Waals surface area contributed by atoms with Crippen molar-refractivity contribution in [3.05, 3.63) is 42.3 Å². The van der Waals surface area contributed by atoms with Gasteiger partial charge >= 0.3 is 0 Å². The summed E-state index contributed by atoms with van der Waals surface area (Å²) in [6, 6.07) is 9.56. The maximum atomic E-state index is 5.97. The predicted octanol–water partition coefficient (Wildman–Crippen LogP) is 1.84. The van der Waals surface area contributed by atoms with Crippen LogP contribution in [-0.2, 0) is 6.54 Å². The van der Waals surface area contributed by atoms with Crippen molar-refractivity contribution in [3.8, 4) is 11.5 Å². The van der Waals surface area contributed by atoms with Crippen molar-refractivity contribution in [2.75, 3.05) is 46.9 Å². The van der Waals surface area contributed by atoms with E-state index < -0.39 is 0 Å². The van der Waals surface area contributed by atoms with E-state index in [0.717, 1.165) is 55.9 Å². The third kappa shape index (κ3) is 5.63. The number of rotatable bonds is 7. The third-order valence-electron chi connectivity index (χ3n) is 4.69. The molecule has 152 valence electrons. The molecule has 0 radical (unpaired) electrons. The quantitative estimate of drug-likeness (QED) is 0.574. The van der Waals surface area contributed by atoms with E-state index in [9.17, 15) is 0 Å². The summed E-state index contributed by atoms with van der Waals surface area (Å²) in [5, 5.41) is 7.41. The molecular weight excluding hydrogens is 358 g/mol. The smallest absolute Gasteiger partial charge is 0.193 e. The van der Waals surface area contributed by atoms with Gasteiger partial charge < -0.3 is 24.2 Å². The third-order valence-corrected chi connectivity index (χ3v) is 4.69. The van der Waals surface area contributed by atoms with Crippen molar-refractivity contribution in [2.24, 2.45) is 4.99 Å². The van der Waals surface area contributed by atoms with Crippen LogP contribution in [0.1, 0.15) is 12.6 Å². The number of piperazine rings is 1. The van der Waals surface area contributed by atoms with Crippen molar-refractivity contribution in [3.63, 3.8) is 0 Å². The molecule has 0 aliphatic carbocycles. The number of guanidine groups is 1. The Morgan fingerprint density at radius 1 is 1.25 bits per heavy atom. The first-order valence-electron chi connectivity index (χ1n) is 9.56. The van der Waals surface area contributed by atoms with Crippen molar-refractivity contribution >= 4 is 5.96 Å². The molecule has 2 aromatic rings. The molecule has 1 aliphatic heterocycles. The molecule has 3 rings (SSSR count). The van der Waals surface area contributed by atoms with Crippen LogP contribution in [0.2, 0.25) is 0 Å². The normalized spacial score (nSPS) is 16.7. The van der Waals surface area contributed by atoms with Crippen LogP contribution in [0.15, 0.2) is 46.1 Å². The van der Waals surface area contributed by atoms with Crippen LogP contribution in [0.25, 0.3) is 0 Å². The Morgan fingerprint density at radius 3 is 2.71 bits per heavy atom. The highest BCUT2D eigenvalue weighted by Gasteiger charge is 2.20. The summed E-state index contributed by atoms with van der Waals surface area (Å²) in [6.07, 6.45) is 1.61. The van der Waals surface area contributed by atoms with E-state index >= 15 is 0 Å². The lowest BCUT2D eigenvalue weighted by Crippen LogP contribution is -2.53. The first-order valence-corrected chi connectivity index (χ1v) is 9.56. The van der Waals surface area contributed by atoms with Gasteiger partial charge in [0.15, 0.2) is 5.96 Å². The fraction of sp³-hybridized carbons (Fsp3) is 0.500. The van der Waals surface area contributed by atoms with E-state index in [-0.39, 0.29) is 6.10 Å². The van der Waals surface area contributed by atoms with Gasteiger partial charge in [0.05, 0.1) is 19.3 Å². The molecule has 1 unspecified atom stereocenters. The van der Waals surface area contributed by atoms with Crippen LogP contribution in [0.4, 0.5) is 0 Å². The van der Waals surface area contributed by atoms with Crippen LogP contribution < -0.4 is 14.8 Å². The summed E-state index contributed by atoms with van der Waals surface area (Å²) < 4.78 is 16.1. The maximum Gasteiger partial charge on any atom is 0.193 e. The molecule has 8 heteroatoms. The number of ether oxygens (including phenoxy) is 2. The van der Waals surface area contributed by atoms with Gasteiger partial charge in [-0.2, -0.15) is 0 Å². The largest absolute Gasteiger partial charge is 0.497 e. The average molecular weight is 387 g/mol. The molecule has 1 aromatic heterocycles. The van der Waals surface area contributed by atoms with Crippen LogP contribution in [0.3, 0.4) is 0 Å². The van der Waals surface area contributed by atoms with Gasteiger partial charge in [0.25, 0.3) is 0 Å². The zero-order chi connectivity index (χ0) is 19.8. The summed E-state index contributed by atoms with van der Waals surface area (Å²) >= 11 is 0. The highest BCUT2D eigenvalue weighted by atomic mass is 16.5. The molecule has 1 aromatic carbocycles. The molecule has 0 saturated carbocycles. The minimum Gasteiger partial charge on any atom is -0.497 e. The number of hydrogen-bond acceptors (Lipinski definition) is 6. The van der Waals surface area contributed by atoms with Gasteiger partial charge in [-0.15, -0.1) is 0 Å². The second-order valence-electron chi connectivity index (χ2n) is 6.79. The van der Waals surface area contributed by atoms with E-state index in [0.29, 0.717) is 6.54 Å². The van der Waals surface area contributed by atoms with Gasteiger partial charge in [-0.3, -0.25) is 9.89 Å².